The Bertz CT molecular complexity index is 650. The lowest BCUT2D eigenvalue weighted by atomic mass is 10.2. The van der Waals surface area contributed by atoms with Gasteiger partial charge in [-0.25, -0.2) is 4.98 Å². The van der Waals surface area contributed by atoms with Crippen LogP contribution in [0.4, 0.5) is 11.4 Å². The lowest BCUT2D eigenvalue weighted by molar-refractivity contribution is -0.385. The quantitative estimate of drug-likeness (QED) is 0.643. The molecule has 0 atom stereocenters. The number of hydrogen-bond acceptors (Lipinski definition) is 5. The molecule has 1 aromatic heterocycles. The number of aromatic amines is 1. The summed E-state index contributed by atoms with van der Waals surface area (Å²) in [5.74, 6) is -0.0248. The largest absolute Gasteiger partial charge is 0.319 e. The minimum Gasteiger partial charge on any atom is -0.319 e. The highest BCUT2D eigenvalue weighted by atomic mass is 16.6. The molecule has 0 fully saturated rings. The van der Waals surface area contributed by atoms with Crippen molar-refractivity contribution in [3.05, 3.63) is 45.5 Å². The molecule has 0 saturated carbocycles. The molecule has 0 aliphatic carbocycles. The number of aromatic nitrogens is 3. The second-order valence-corrected chi connectivity index (χ2v) is 3.96. The fourth-order valence-electron chi connectivity index (χ4n) is 1.52. The molecule has 0 unspecified atom stereocenters. The minimum atomic E-state index is -0.525. The van der Waals surface area contributed by atoms with E-state index in [-0.39, 0.29) is 11.5 Å². The molecule has 1 aromatic carbocycles. The first-order valence-corrected chi connectivity index (χ1v) is 5.43. The van der Waals surface area contributed by atoms with E-state index in [1.54, 1.807) is 26.0 Å². The lowest BCUT2D eigenvalue weighted by Gasteiger charge is -2.03. The van der Waals surface area contributed by atoms with E-state index in [0.717, 1.165) is 0 Å². The minimum absolute atomic E-state index is 0.0132. The van der Waals surface area contributed by atoms with Crippen LogP contribution in [0.2, 0.25) is 0 Å². The number of nitrogens with one attached hydrogen (secondary N) is 2. The molecule has 0 aliphatic heterocycles. The summed E-state index contributed by atoms with van der Waals surface area (Å²) in [6.07, 6.45) is 0. The van der Waals surface area contributed by atoms with E-state index in [2.05, 4.69) is 20.5 Å². The summed E-state index contributed by atoms with van der Waals surface area (Å²) in [6.45, 7) is 3.29. The first-order valence-electron chi connectivity index (χ1n) is 5.43. The average molecular weight is 261 g/mol. The maximum Gasteiger partial charge on any atom is 0.295 e. The van der Waals surface area contributed by atoms with Crippen molar-refractivity contribution < 1.29 is 9.72 Å². The number of amides is 1. The van der Waals surface area contributed by atoms with Crippen molar-refractivity contribution in [2.45, 2.75) is 13.8 Å². The first kappa shape index (κ1) is 12.7. The van der Waals surface area contributed by atoms with Gasteiger partial charge in [-0.2, -0.15) is 0 Å². The number of rotatable bonds is 3. The zero-order chi connectivity index (χ0) is 14.0. The second kappa shape index (κ2) is 4.84. The van der Waals surface area contributed by atoms with Gasteiger partial charge in [-0.15, -0.1) is 5.10 Å². The standard InChI is InChI=1S/C11H11N5O3/c1-6-3-4-8(5-9(6)16(18)19)13-11(17)10-12-7(2)14-15-10/h3-5H,1-2H3,(H,13,17)(H,12,14,15). The molecule has 0 radical (unpaired) electrons. The van der Waals surface area contributed by atoms with Crippen molar-refractivity contribution in [1.82, 2.24) is 15.2 Å². The molecule has 19 heavy (non-hydrogen) atoms. The highest BCUT2D eigenvalue weighted by molar-refractivity contribution is 6.01. The average Bonchev–Trinajstić information content (AvgIpc) is 2.78. The Morgan fingerprint density at radius 2 is 2.16 bits per heavy atom. The molecule has 1 amide bonds. The van der Waals surface area contributed by atoms with Crippen LogP contribution in [0.25, 0.3) is 0 Å². The van der Waals surface area contributed by atoms with Crippen LogP contribution in [0.3, 0.4) is 0 Å². The summed E-state index contributed by atoms with van der Waals surface area (Å²) in [5, 5.41) is 19.6. The van der Waals surface area contributed by atoms with Crippen LogP contribution in [-0.4, -0.2) is 26.0 Å². The molecule has 2 aromatic rings. The van der Waals surface area contributed by atoms with Crippen LogP contribution in [0.15, 0.2) is 18.2 Å². The van der Waals surface area contributed by atoms with Crippen LogP contribution in [0, 0.1) is 24.0 Å². The molecule has 1 heterocycles. The smallest absolute Gasteiger partial charge is 0.295 e. The van der Waals surface area contributed by atoms with Gasteiger partial charge in [0, 0.05) is 17.3 Å². The molecule has 0 spiro atoms. The van der Waals surface area contributed by atoms with Crippen LogP contribution < -0.4 is 5.32 Å². The number of aryl methyl sites for hydroxylation is 2. The van der Waals surface area contributed by atoms with Gasteiger partial charge >= 0.3 is 0 Å². The van der Waals surface area contributed by atoms with Gasteiger partial charge in [0.25, 0.3) is 11.6 Å². The highest BCUT2D eigenvalue weighted by Gasteiger charge is 2.15. The van der Waals surface area contributed by atoms with Gasteiger partial charge in [0.15, 0.2) is 0 Å². The van der Waals surface area contributed by atoms with E-state index in [0.29, 0.717) is 17.1 Å². The Kier molecular flexibility index (Phi) is 3.23. The summed E-state index contributed by atoms with van der Waals surface area (Å²) in [5.41, 5.74) is 0.797. The van der Waals surface area contributed by atoms with Gasteiger partial charge in [0.05, 0.1) is 4.92 Å². The molecular formula is C11H11N5O3. The number of benzene rings is 1. The number of H-pyrrole nitrogens is 1. The first-order chi connectivity index (χ1) is 8.97. The molecule has 8 nitrogen and oxygen atoms in total. The molecule has 98 valence electrons. The SMILES string of the molecule is Cc1nc(C(=O)Nc2ccc(C)c([N+](=O)[O-])c2)n[nH]1. The fourth-order valence-corrected chi connectivity index (χ4v) is 1.52. The van der Waals surface area contributed by atoms with Crippen molar-refractivity contribution in [2.24, 2.45) is 0 Å². The van der Waals surface area contributed by atoms with E-state index in [1.165, 1.54) is 6.07 Å². The lowest BCUT2D eigenvalue weighted by Crippen LogP contribution is -2.14. The Hall–Kier alpha value is -2.77. The highest BCUT2D eigenvalue weighted by Crippen LogP contribution is 2.22. The normalized spacial score (nSPS) is 10.2. The van der Waals surface area contributed by atoms with E-state index in [4.69, 9.17) is 0 Å². The Morgan fingerprint density at radius 3 is 2.74 bits per heavy atom. The molecule has 0 bridgehead atoms. The van der Waals surface area contributed by atoms with Gasteiger partial charge < -0.3 is 5.32 Å². The van der Waals surface area contributed by atoms with Crippen molar-refractivity contribution in [1.29, 1.82) is 0 Å². The number of nitro groups is 1. The number of nitrogens with zero attached hydrogens (tertiary/aromatic N) is 3. The fraction of sp³-hybridized carbons (Fsp3) is 0.182. The third-order valence-electron chi connectivity index (χ3n) is 2.46. The maximum atomic E-state index is 11.8. The zero-order valence-corrected chi connectivity index (χ0v) is 10.3. The number of carbonyl (C=O) groups is 1. The predicted octanol–water partition coefficient (Wildman–Crippen LogP) is 1.58. The topological polar surface area (TPSA) is 114 Å². The summed E-state index contributed by atoms with van der Waals surface area (Å²) in [6, 6.07) is 4.45. The number of hydrogen-bond donors (Lipinski definition) is 2. The van der Waals surface area contributed by atoms with Crippen LogP contribution in [0.1, 0.15) is 22.0 Å². The van der Waals surface area contributed by atoms with E-state index in [1.807, 2.05) is 0 Å². The second-order valence-electron chi connectivity index (χ2n) is 3.96. The van der Waals surface area contributed by atoms with E-state index >= 15 is 0 Å². The van der Waals surface area contributed by atoms with Crippen molar-refractivity contribution >= 4 is 17.3 Å². The number of carbonyl (C=O) groups excluding carboxylic acids is 1. The van der Waals surface area contributed by atoms with Crippen LogP contribution >= 0.6 is 0 Å². The summed E-state index contributed by atoms with van der Waals surface area (Å²) in [7, 11) is 0. The third-order valence-corrected chi connectivity index (χ3v) is 2.46. The maximum absolute atomic E-state index is 11.8. The van der Waals surface area contributed by atoms with Crippen LogP contribution in [-0.2, 0) is 0 Å². The Labute approximate surface area is 108 Å². The number of anilines is 1. The molecule has 0 aliphatic rings. The van der Waals surface area contributed by atoms with Gasteiger partial charge in [0.2, 0.25) is 5.82 Å². The molecule has 2 rings (SSSR count). The van der Waals surface area contributed by atoms with E-state index < -0.39 is 10.8 Å². The van der Waals surface area contributed by atoms with Crippen molar-refractivity contribution in [3.63, 3.8) is 0 Å². The van der Waals surface area contributed by atoms with Gasteiger partial charge in [-0.1, -0.05) is 6.07 Å². The van der Waals surface area contributed by atoms with Gasteiger partial charge in [-0.05, 0) is 19.9 Å². The van der Waals surface area contributed by atoms with Gasteiger partial charge in [-0.3, -0.25) is 20.0 Å². The monoisotopic (exact) mass is 261 g/mol. The molecule has 0 saturated heterocycles. The van der Waals surface area contributed by atoms with Gasteiger partial charge in [0.1, 0.15) is 5.82 Å². The number of nitro benzene ring substituents is 1. The van der Waals surface area contributed by atoms with Crippen molar-refractivity contribution in [3.8, 4) is 0 Å². The summed E-state index contributed by atoms with van der Waals surface area (Å²) >= 11 is 0. The third kappa shape index (κ3) is 2.73. The van der Waals surface area contributed by atoms with Crippen molar-refractivity contribution in [2.75, 3.05) is 5.32 Å². The predicted molar refractivity (Wildman–Crippen MR) is 66.9 cm³/mol. The Morgan fingerprint density at radius 1 is 1.42 bits per heavy atom. The molecular weight excluding hydrogens is 250 g/mol. The zero-order valence-electron chi connectivity index (χ0n) is 10.3. The van der Waals surface area contributed by atoms with E-state index in [9.17, 15) is 14.9 Å². The Balaban J connectivity index is 2.22. The molecule has 8 heteroatoms. The summed E-state index contributed by atoms with van der Waals surface area (Å²) in [4.78, 5) is 25.9. The molecule has 2 N–H and O–H groups in total. The summed E-state index contributed by atoms with van der Waals surface area (Å²) < 4.78 is 0. The van der Waals surface area contributed by atoms with Crippen LogP contribution in [0.5, 0.6) is 0 Å².